The van der Waals surface area contributed by atoms with E-state index in [1.807, 2.05) is 11.0 Å². The Morgan fingerprint density at radius 2 is 2.00 bits per heavy atom. The SMILES string of the molecule is COc1cc(C#N)ccc1OCC(=O)N1CCC(c2c[nH]c3ccccc23)CC1. The largest absolute Gasteiger partial charge is 0.493 e. The molecule has 0 saturated carbocycles. The first-order valence-electron chi connectivity index (χ1n) is 9.74. The Morgan fingerprint density at radius 3 is 2.76 bits per heavy atom. The minimum atomic E-state index is -0.0417. The zero-order valence-electron chi connectivity index (χ0n) is 16.4. The molecule has 2 heterocycles. The number of nitrogens with one attached hydrogen (secondary N) is 1. The number of nitrogens with zero attached hydrogens (tertiary/aromatic N) is 2. The Bertz CT molecular complexity index is 1060. The Hall–Kier alpha value is -3.46. The molecule has 2 aromatic carbocycles. The number of methoxy groups -OCH3 is 1. The number of benzene rings is 2. The number of likely N-dealkylation sites (tertiary alicyclic amines) is 1. The van der Waals surface area contributed by atoms with Crippen LogP contribution in [-0.2, 0) is 4.79 Å². The molecule has 1 amide bonds. The molecule has 0 spiro atoms. The molecule has 1 aliphatic rings. The van der Waals surface area contributed by atoms with Crippen LogP contribution in [-0.4, -0.2) is 42.6 Å². The third-order valence-corrected chi connectivity index (χ3v) is 5.55. The number of nitriles is 1. The van der Waals surface area contributed by atoms with E-state index in [1.54, 1.807) is 18.2 Å². The number of piperidine rings is 1. The number of ether oxygens (including phenoxy) is 2. The number of amides is 1. The van der Waals surface area contributed by atoms with Gasteiger partial charge < -0.3 is 19.4 Å². The number of carbonyl (C=O) groups excluding carboxylic acids is 1. The van der Waals surface area contributed by atoms with E-state index in [4.69, 9.17) is 14.7 Å². The summed E-state index contributed by atoms with van der Waals surface area (Å²) in [7, 11) is 1.51. The van der Waals surface area contributed by atoms with E-state index in [9.17, 15) is 4.79 Å². The van der Waals surface area contributed by atoms with Crippen molar-refractivity contribution in [2.75, 3.05) is 26.8 Å². The van der Waals surface area contributed by atoms with Crippen LogP contribution in [0.4, 0.5) is 0 Å². The summed E-state index contributed by atoms with van der Waals surface area (Å²) >= 11 is 0. The molecular weight excluding hydrogens is 366 g/mol. The third-order valence-electron chi connectivity index (χ3n) is 5.55. The van der Waals surface area contributed by atoms with Gasteiger partial charge in [0.2, 0.25) is 0 Å². The standard InChI is InChI=1S/C23H23N3O3/c1-28-22-12-16(13-24)6-7-21(22)29-15-23(27)26-10-8-17(9-11-26)19-14-25-20-5-3-2-4-18(19)20/h2-7,12,14,17,25H,8-11,15H2,1H3. The van der Waals surface area contributed by atoms with Crippen molar-refractivity contribution in [3.05, 3.63) is 59.8 Å². The van der Waals surface area contributed by atoms with Crippen LogP contribution in [0.15, 0.2) is 48.7 Å². The maximum Gasteiger partial charge on any atom is 0.260 e. The average Bonchev–Trinajstić information content (AvgIpc) is 3.21. The molecule has 6 nitrogen and oxygen atoms in total. The quantitative estimate of drug-likeness (QED) is 0.719. The summed E-state index contributed by atoms with van der Waals surface area (Å²) in [6.45, 7) is 1.40. The molecule has 0 unspecified atom stereocenters. The molecule has 0 aliphatic carbocycles. The predicted molar refractivity (Wildman–Crippen MR) is 110 cm³/mol. The molecule has 4 rings (SSSR count). The van der Waals surface area contributed by atoms with Gasteiger partial charge in [-0.15, -0.1) is 0 Å². The van der Waals surface area contributed by atoms with E-state index in [-0.39, 0.29) is 12.5 Å². The van der Waals surface area contributed by atoms with Gasteiger partial charge in [-0.3, -0.25) is 4.79 Å². The first-order valence-corrected chi connectivity index (χ1v) is 9.74. The van der Waals surface area contributed by atoms with Crippen LogP contribution in [0.1, 0.15) is 29.9 Å². The second-order valence-corrected chi connectivity index (χ2v) is 7.21. The van der Waals surface area contributed by atoms with E-state index < -0.39 is 0 Å². The Morgan fingerprint density at radius 1 is 1.21 bits per heavy atom. The van der Waals surface area contributed by atoms with Gasteiger partial charge in [0.1, 0.15) is 0 Å². The maximum absolute atomic E-state index is 12.6. The smallest absolute Gasteiger partial charge is 0.260 e. The molecule has 1 aromatic heterocycles. The fourth-order valence-electron chi connectivity index (χ4n) is 3.96. The highest BCUT2D eigenvalue weighted by atomic mass is 16.5. The van der Waals surface area contributed by atoms with Gasteiger partial charge in [-0.1, -0.05) is 18.2 Å². The number of hydrogen-bond donors (Lipinski definition) is 1. The van der Waals surface area contributed by atoms with E-state index in [0.29, 0.717) is 23.0 Å². The number of aromatic nitrogens is 1. The maximum atomic E-state index is 12.6. The number of H-pyrrole nitrogens is 1. The normalized spacial score (nSPS) is 14.6. The van der Waals surface area contributed by atoms with Crippen molar-refractivity contribution in [2.45, 2.75) is 18.8 Å². The fraction of sp³-hybridized carbons (Fsp3) is 0.304. The Labute approximate surface area is 169 Å². The number of para-hydroxylation sites is 1. The van der Waals surface area contributed by atoms with Crippen molar-refractivity contribution in [1.29, 1.82) is 5.26 Å². The summed E-state index contributed by atoms with van der Waals surface area (Å²) in [5, 5.41) is 10.2. The van der Waals surface area contributed by atoms with Gasteiger partial charge in [0.15, 0.2) is 18.1 Å². The van der Waals surface area contributed by atoms with Crippen LogP contribution in [0.25, 0.3) is 10.9 Å². The number of carbonyl (C=O) groups is 1. The molecule has 3 aromatic rings. The number of rotatable bonds is 5. The molecule has 1 saturated heterocycles. The van der Waals surface area contributed by atoms with Crippen molar-refractivity contribution in [2.24, 2.45) is 0 Å². The van der Waals surface area contributed by atoms with Crippen LogP contribution in [0.5, 0.6) is 11.5 Å². The van der Waals surface area contributed by atoms with E-state index in [1.165, 1.54) is 18.1 Å². The average molecular weight is 389 g/mol. The van der Waals surface area contributed by atoms with Crippen LogP contribution in [0.2, 0.25) is 0 Å². The second kappa shape index (κ2) is 8.27. The topological polar surface area (TPSA) is 78.3 Å². The zero-order chi connectivity index (χ0) is 20.2. The monoisotopic (exact) mass is 389 g/mol. The summed E-state index contributed by atoms with van der Waals surface area (Å²) in [5.74, 6) is 1.34. The Kier molecular flexibility index (Phi) is 5.39. The highest BCUT2D eigenvalue weighted by Gasteiger charge is 2.25. The van der Waals surface area contributed by atoms with Gasteiger partial charge in [0.05, 0.1) is 18.7 Å². The van der Waals surface area contributed by atoms with Crippen molar-refractivity contribution in [1.82, 2.24) is 9.88 Å². The Balaban J connectivity index is 1.34. The van der Waals surface area contributed by atoms with Gasteiger partial charge in [-0.2, -0.15) is 5.26 Å². The van der Waals surface area contributed by atoms with E-state index in [2.05, 4.69) is 35.4 Å². The lowest BCUT2D eigenvalue weighted by molar-refractivity contribution is -0.134. The van der Waals surface area contributed by atoms with Crippen molar-refractivity contribution < 1.29 is 14.3 Å². The highest BCUT2D eigenvalue weighted by molar-refractivity contribution is 5.83. The molecule has 148 valence electrons. The molecule has 1 fully saturated rings. The molecule has 0 bridgehead atoms. The van der Waals surface area contributed by atoms with Crippen LogP contribution in [0.3, 0.4) is 0 Å². The number of fused-ring (bicyclic) bond motifs is 1. The minimum absolute atomic E-state index is 0.0335. The van der Waals surface area contributed by atoms with Gasteiger partial charge in [-0.05, 0) is 42.5 Å². The molecule has 0 radical (unpaired) electrons. The predicted octanol–water partition coefficient (Wildman–Crippen LogP) is 3.83. The molecular formula is C23H23N3O3. The molecule has 29 heavy (non-hydrogen) atoms. The molecule has 1 N–H and O–H groups in total. The van der Waals surface area contributed by atoms with Gasteiger partial charge >= 0.3 is 0 Å². The first-order chi connectivity index (χ1) is 14.2. The van der Waals surface area contributed by atoms with E-state index in [0.717, 1.165) is 31.4 Å². The second-order valence-electron chi connectivity index (χ2n) is 7.21. The van der Waals surface area contributed by atoms with Gasteiger partial charge in [0.25, 0.3) is 5.91 Å². The van der Waals surface area contributed by atoms with Gasteiger partial charge in [-0.25, -0.2) is 0 Å². The summed E-state index contributed by atoms with van der Waals surface area (Å²) in [5.41, 5.74) is 2.98. The summed E-state index contributed by atoms with van der Waals surface area (Å²) in [6, 6.07) is 15.3. The van der Waals surface area contributed by atoms with E-state index >= 15 is 0 Å². The molecule has 0 atom stereocenters. The fourth-order valence-corrected chi connectivity index (χ4v) is 3.96. The van der Waals surface area contributed by atoms with Crippen molar-refractivity contribution >= 4 is 16.8 Å². The molecule has 1 aliphatic heterocycles. The lowest BCUT2D eigenvalue weighted by atomic mass is 9.89. The lowest BCUT2D eigenvalue weighted by Crippen LogP contribution is -2.40. The van der Waals surface area contributed by atoms with Crippen molar-refractivity contribution in [3.8, 4) is 17.6 Å². The van der Waals surface area contributed by atoms with Crippen LogP contribution >= 0.6 is 0 Å². The van der Waals surface area contributed by atoms with Crippen LogP contribution < -0.4 is 9.47 Å². The summed E-state index contributed by atoms with van der Waals surface area (Å²) in [6.07, 6.45) is 3.98. The third kappa shape index (κ3) is 3.90. The summed E-state index contributed by atoms with van der Waals surface area (Å²) in [4.78, 5) is 17.8. The highest BCUT2D eigenvalue weighted by Crippen LogP contribution is 2.33. The van der Waals surface area contributed by atoms with Gasteiger partial charge in [0, 0.05) is 36.3 Å². The minimum Gasteiger partial charge on any atom is -0.493 e. The molecule has 6 heteroatoms. The number of hydrogen-bond acceptors (Lipinski definition) is 4. The number of aromatic amines is 1. The van der Waals surface area contributed by atoms with Crippen LogP contribution in [0, 0.1) is 11.3 Å². The summed E-state index contributed by atoms with van der Waals surface area (Å²) < 4.78 is 10.9. The van der Waals surface area contributed by atoms with Crippen molar-refractivity contribution in [3.63, 3.8) is 0 Å². The first kappa shape index (κ1) is 18.9. The lowest BCUT2D eigenvalue weighted by Gasteiger charge is -2.32. The zero-order valence-corrected chi connectivity index (χ0v) is 16.4.